The maximum Gasteiger partial charge on any atom is 0.287 e. The smallest absolute Gasteiger partial charge is 0.287 e. The molecule has 1 amide bonds. The number of nitrogens with zero attached hydrogens (tertiary/aromatic N) is 2. The van der Waals surface area contributed by atoms with E-state index < -0.39 is 16.9 Å². The van der Waals surface area contributed by atoms with Crippen LogP contribution in [0.4, 0.5) is 5.69 Å². The second-order valence-corrected chi connectivity index (χ2v) is 4.84. The first-order valence-corrected chi connectivity index (χ1v) is 6.67. The average molecular weight is 322 g/mol. The zero-order chi connectivity index (χ0) is 16.1. The van der Waals surface area contributed by atoms with E-state index >= 15 is 0 Å². The molecule has 0 unspecified atom stereocenters. The minimum atomic E-state index is -0.875. The summed E-state index contributed by atoms with van der Waals surface area (Å²) in [5.41, 5.74) is 0.532. The van der Waals surface area contributed by atoms with Gasteiger partial charge in [-0.15, -0.1) is 0 Å². The molecule has 0 saturated heterocycles. The van der Waals surface area contributed by atoms with Gasteiger partial charge in [0.1, 0.15) is 5.02 Å². The Labute approximate surface area is 130 Å². The van der Waals surface area contributed by atoms with Crippen molar-refractivity contribution in [3.8, 4) is 0 Å². The van der Waals surface area contributed by atoms with Crippen molar-refractivity contribution in [3.05, 3.63) is 69.0 Å². The van der Waals surface area contributed by atoms with Crippen LogP contribution < -0.4 is 5.32 Å². The number of rotatable bonds is 5. The lowest BCUT2D eigenvalue weighted by Crippen LogP contribution is -2.28. The SMILES string of the molecule is O=C(NC[C@H](O)c1ccncc1)c1ccc([N+](=O)[O-])c(Cl)c1. The quantitative estimate of drug-likeness (QED) is 0.648. The number of nitrogens with one attached hydrogen (secondary N) is 1. The Kier molecular flexibility index (Phi) is 5.03. The molecule has 8 heteroatoms. The molecule has 2 N–H and O–H groups in total. The minimum Gasteiger partial charge on any atom is -0.387 e. The maximum atomic E-state index is 12.0. The Morgan fingerprint density at radius 3 is 2.64 bits per heavy atom. The number of hydrogen-bond acceptors (Lipinski definition) is 5. The molecule has 1 aromatic carbocycles. The highest BCUT2D eigenvalue weighted by molar-refractivity contribution is 6.33. The number of pyridine rings is 1. The van der Waals surface area contributed by atoms with Crippen molar-refractivity contribution in [2.75, 3.05) is 6.54 Å². The summed E-state index contributed by atoms with van der Waals surface area (Å²) in [6, 6.07) is 6.96. The van der Waals surface area contributed by atoms with Crippen molar-refractivity contribution in [1.82, 2.24) is 10.3 Å². The van der Waals surface area contributed by atoms with Crippen molar-refractivity contribution in [3.63, 3.8) is 0 Å². The summed E-state index contributed by atoms with van der Waals surface area (Å²) in [6.07, 6.45) is 2.20. The number of benzene rings is 1. The van der Waals surface area contributed by atoms with Crippen molar-refractivity contribution >= 4 is 23.2 Å². The summed E-state index contributed by atoms with van der Waals surface area (Å²) < 4.78 is 0. The van der Waals surface area contributed by atoms with Crippen LogP contribution in [0.5, 0.6) is 0 Å². The molecule has 1 atom stereocenters. The standard InChI is InChI=1S/C14H12ClN3O4/c15-11-7-10(1-2-12(11)18(21)22)14(20)17-8-13(19)9-3-5-16-6-4-9/h1-7,13,19H,8H2,(H,17,20)/t13-/m0/s1. The first-order chi connectivity index (χ1) is 10.5. The van der Waals surface area contributed by atoms with Gasteiger partial charge in [0.15, 0.2) is 0 Å². The van der Waals surface area contributed by atoms with E-state index in [1.165, 1.54) is 24.5 Å². The van der Waals surface area contributed by atoms with Gasteiger partial charge < -0.3 is 10.4 Å². The molecule has 22 heavy (non-hydrogen) atoms. The van der Waals surface area contributed by atoms with E-state index in [4.69, 9.17) is 11.6 Å². The zero-order valence-corrected chi connectivity index (χ0v) is 12.0. The van der Waals surface area contributed by atoms with Crippen LogP contribution in [0.2, 0.25) is 5.02 Å². The van der Waals surface area contributed by atoms with Crippen molar-refractivity contribution in [1.29, 1.82) is 0 Å². The van der Waals surface area contributed by atoms with Gasteiger partial charge >= 0.3 is 0 Å². The third-order valence-corrected chi connectivity index (χ3v) is 3.26. The van der Waals surface area contributed by atoms with Crippen LogP contribution in [0.3, 0.4) is 0 Å². The number of aliphatic hydroxyl groups is 1. The van der Waals surface area contributed by atoms with E-state index in [1.807, 2.05) is 0 Å². The average Bonchev–Trinajstić information content (AvgIpc) is 2.52. The van der Waals surface area contributed by atoms with Crippen LogP contribution in [0.1, 0.15) is 22.0 Å². The number of aliphatic hydroxyl groups excluding tert-OH is 1. The lowest BCUT2D eigenvalue weighted by atomic mass is 10.1. The number of nitro groups is 1. The van der Waals surface area contributed by atoms with Gasteiger partial charge in [-0.25, -0.2) is 0 Å². The summed E-state index contributed by atoms with van der Waals surface area (Å²) in [6.45, 7) is -0.00253. The molecule has 1 heterocycles. The van der Waals surface area contributed by atoms with E-state index in [-0.39, 0.29) is 22.8 Å². The first-order valence-electron chi connectivity index (χ1n) is 6.29. The molecule has 0 aliphatic rings. The van der Waals surface area contributed by atoms with E-state index in [0.29, 0.717) is 5.56 Å². The fraction of sp³-hybridized carbons (Fsp3) is 0.143. The fourth-order valence-corrected chi connectivity index (χ4v) is 2.04. The van der Waals surface area contributed by atoms with Gasteiger partial charge in [-0.3, -0.25) is 19.9 Å². The van der Waals surface area contributed by atoms with E-state index in [1.54, 1.807) is 12.1 Å². The maximum absolute atomic E-state index is 12.0. The van der Waals surface area contributed by atoms with Gasteiger partial charge in [-0.05, 0) is 29.8 Å². The van der Waals surface area contributed by atoms with Gasteiger partial charge in [-0.2, -0.15) is 0 Å². The summed E-state index contributed by atoms with van der Waals surface area (Å²) in [7, 11) is 0. The molecule has 7 nitrogen and oxygen atoms in total. The third kappa shape index (κ3) is 3.78. The number of halogens is 1. The van der Waals surface area contributed by atoms with E-state index in [0.717, 1.165) is 6.07 Å². The minimum absolute atomic E-state index is 0.00253. The predicted octanol–water partition coefficient (Wildman–Crippen LogP) is 2.11. The van der Waals surface area contributed by atoms with Gasteiger partial charge in [0.25, 0.3) is 11.6 Å². The highest BCUT2D eigenvalue weighted by atomic mass is 35.5. The predicted molar refractivity (Wildman–Crippen MR) is 79.6 cm³/mol. The van der Waals surface area contributed by atoms with E-state index in [2.05, 4.69) is 10.3 Å². The van der Waals surface area contributed by atoms with Gasteiger partial charge in [-0.1, -0.05) is 11.6 Å². The summed E-state index contributed by atoms with van der Waals surface area (Å²) in [5.74, 6) is -0.482. The largest absolute Gasteiger partial charge is 0.387 e. The summed E-state index contributed by atoms with van der Waals surface area (Å²) in [5, 5.41) is 23.0. The Morgan fingerprint density at radius 1 is 1.36 bits per heavy atom. The highest BCUT2D eigenvalue weighted by Crippen LogP contribution is 2.24. The number of hydrogen-bond donors (Lipinski definition) is 2. The Morgan fingerprint density at radius 2 is 2.05 bits per heavy atom. The molecular weight excluding hydrogens is 310 g/mol. The molecule has 0 aliphatic carbocycles. The van der Waals surface area contributed by atoms with Crippen molar-refractivity contribution < 1.29 is 14.8 Å². The molecule has 0 radical (unpaired) electrons. The number of amides is 1. The topological polar surface area (TPSA) is 105 Å². The Hall–Kier alpha value is -2.51. The third-order valence-electron chi connectivity index (χ3n) is 2.95. The Bertz CT molecular complexity index is 694. The molecule has 1 aromatic heterocycles. The van der Waals surface area contributed by atoms with Crippen molar-refractivity contribution in [2.45, 2.75) is 6.10 Å². The van der Waals surface area contributed by atoms with Crippen molar-refractivity contribution in [2.24, 2.45) is 0 Å². The monoisotopic (exact) mass is 321 g/mol. The van der Waals surface area contributed by atoms with Crippen LogP contribution >= 0.6 is 11.6 Å². The first kappa shape index (κ1) is 15.9. The van der Waals surface area contributed by atoms with Crippen LogP contribution in [0, 0.1) is 10.1 Å². The number of nitro benzene ring substituents is 1. The molecule has 0 fully saturated rings. The molecule has 0 saturated carbocycles. The molecular formula is C14H12ClN3O4. The summed E-state index contributed by atoms with van der Waals surface area (Å²) in [4.78, 5) is 25.8. The van der Waals surface area contributed by atoms with Crippen LogP contribution in [-0.4, -0.2) is 27.5 Å². The lowest BCUT2D eigenvalue weighted by Gasteiger charge is -2.12. The molecule has 2 aromatic rings. The molecule has 2 rings (SSSR count). The molecule has 0 spiro atoms. The Balaban J connectivity index is 2.01. The lowest BCUT2D eigenvalue weighted by molar-refractivity contribution is -0.384. The molecule has 114 valence electrons. The summed E-state index contributed by atoms with van der Waals surface area (Å²) >= 11 is 5.75. The van der Waals surface area contributed by atoms with Crippen LogP contribution in [-0.2, 0) is 0 Å². The second kappa shape index (κ2) is 6.97. The number of aromatic nitrogens is 1. The molecule has 0 aliphatic heterocycles. The van der Waals surface area contributed by atoms with Gasteiger partial charge in [0.2, 0.25) is 0 Å². The number of carbonyl (C=O) groups excluding carboxylic acids is 1. The van der Waals surface area contributed by atoms with Crippen LogP contribution in [0.15, 0.2) is 42.7 Å². The van der Waals surface area contributed by atoms with Crippen LogP contribution in [0.25, 0.3) is 0 Å². The fourth-order valence-electron chi connectivity index (χ4n) is 1.79. The second-order valence-electron chi connectivity index (χ2n) is 4.43. The normalized spacial score (nSPS) is 11.7. The zero-order valence-electron chi connectivity index (χ0n) is 11.3. The van der Waals surface area contributed by atoms with Gasteiger partial charge in [0, 0.05) is 30.6 Å². The molecule has 0 bridgehead atoms. The van der Waals surface area contributed by atoms with Gasteiger partial charge in [0.05, 0.1) is 11.0 Å². The highest BCUT2D eigenvalue weighted by Gasteiger charge is 2.16. The van der Waals surface area contributed by atoms with E-state index in [9.17, 15) is 20.0 Å². The number of carbonyl (C=O) groups is 1.